The maximum Gasteiger partial charge on any atom is 0.326 e. The number of nitrogens with one attached hydrogen (secondary N) is 2. The first-order chi connectivity index (χ1) is 20.7. The number of nitrogens with two attached hydrogens (primary N) is 1. The van der Waals surface area contributed by atoms with Crippen molar-refractivity contribution in [3.8, 4) is 0 Å². The highest BCUT2D eigenvalue weighted by Crippen LogP contribution is 2.33. The van der Waals surface area contributed by atoms with E-state index in [1.807, 2.05) is 11.9 Å². The summed E-state index contributed by atoms with van der Waals surface area (Å²) < 4.78 is 30.4. The van der Waals surface area contributed by atoms with E-state index in [4.69, 9.17) is 11.1 Å². The first-order valence-electron chi connectivity index (χ1n) is 14.4. The van der Waals surface area contributed by atoms with Crippen LogP contribution in [0.1, 0.15) is 48.1 Å². The molecule has 2 amide bonds. The lowest BCUT2D eigenvalue weighted by atomic mass is 9.91. The van der Waals surface area contributed by atoms with E-state index in [9.17, 15) is 27.9 Å². The Hall–Kier alpha value is -4.07. The summed E-state index contributed by atoms with van der Waals surface area (Å²) in [5.74, 6) is -2.12. The van der Waals surface area contributed by atoms with Gasteiger partial charge in [0.05, 0.1) is 4.90 Å². The van der Waals surface area contributed by atoms with Gasteiger partial charge in [-0.1, -0.05) is 35.9 Å². The van der Waals surface area contributed by atoms with Gasteiger partial charge in [0, 0.05) is 45.2 Å². The molecule has 5 N–H and O–H groups in total. The number of rotatable bonds is 10. The molecule has 13 heteroatoms. The average molecular weight is 625 g/mol. The van der Waals surface area contributed by atoms with Crippen LogP contribution in [-0.2, 0) is 37.2 Å². The summed E-state index contributed by atoms with van der Waals surface area (Å²) in [4.78, 5) is 43.3. The van der Waals surface area contributed by atoms with Crippen molar-refractivity contribution in [2.75, 3.05) is 34.2 Å². The number of hydrogen-bond donors (Lipinski definition) is 4. The van der Waals surface area contributed by atoms with Gasteiger partial charge < -0.3 is 20.6 Å². The van der Waals surface area contributed by atoms with Gasteiger partial charge in [-0.25, -0.2) is 13.2 Å². The van der Waals surface area contributed by atoms with Crippen LogP contribution in [0.3, 0.4) is 0 Å². The van der Waals surface area contributed by atoms with Crippen molar-refractivity contribution < 1.29 is 27.9 Å². The van der Waals surface area contributed by atoms with E-state index in [2.05, 4.69) is 4.72 Å². The Balaban J connectivity index is 1.71. The molecule has 2 aliphatic rings. The van der Waals surface area contributed by atoms with Crippen LogP contribution in [0.4, 0.5) is 0 Å². The highest BCUT2D eigenvalue weighted by atomic mass is 32.2. The Labute approximate surface area is 258 Å². The fourth-order valence-electron chi connectivity index (χ4n) is 5.66. The fraction of sp³-hybridized carbons (Fsp3) is 0.419. The molecule has 0 saturated carbocycles. The van der Waals surface area contributed by atoms with E-state index < -0.39 is 34.0 Å². The summed E-state index contributed by atoms with van der Waals surface area (Å²) in [5, 5.41) is 17.7. The molecule has 0 aromatic heterocycles. The molecule has 44 heavy (non-hydrogen) atoms. The molecule has 0 bridgehead atoms. The maximum absolute atomic E-state index is 14.0. The van der Waals surface area contributed by atoms with Crippen molar-refractivity contribution >= 4 is 33.6 Å². The largest absolute Gasteiger partial charge is 0.480 e. The van der Waals surface area contributed by atoms with Crippen LogP contribution in [-0.4, -0.2) is 98.2 Å². The molecule has 3 atom stereocenters. The minimum Gasteiger partial charge on any atom is -0.480 e. The maximum atomic E-state index is 14.0. The van der Waals surface area contributed by atoms with E-state index in [0.29, 0.717) is 24.1 Å². The lowest BCUT2D eigenvalue weighted by Gasteiger charge is -2.35. The van der Waals surface area contributed by atoms with Crippen molar-refractivity contribution in [2.45, 2.75) is 55.6 Å². The van der Waals surface area contributed by atoms with Gasteiger partial charge in [0.25, 0.3) is 0 Å². The van der Waals surface area contributed by atoms with Crippen molar-refractivity contribution in [1.29, 1.82) is 5.41 Å². The molecule has 236 valence electrons. The number of amides is 2. The first kappa shape index (κ1) is 32.8. The van der Waals surface area contributed by atoms with Gasteiger partial charge in [-0.3, -0.25) is 19.9 Å². The van der Waals surface area contributed by atoms with Gasteiger partial charge in [0.15, 0.2) is 0 Å². The van der Waals surface area contributed by atoms with E-state index in [1.165, 1.54) is 15.9 Å². The predicted molar refractivity (Wildman–Crippen MR) is 166 cm³/mol. The van der Waals surface area contributed by atoms with Crippen LogP contribution in [0.15, 0.2) is 59.0 Å². The Morgan fingerprint density at radius 2 is 1.91 bits per heavy atom. The summed E-state index contributed by atoms with van der Waals surface area (Å²) in [5.41, 5.74) is 9.12. The van der Waals surface area contributed by atoms with Crippen molar-refractivity contribution in [2.24, 2.45) is 5.73 Å². The standard InChI is InChI=1S/C31H40N6O6S/c1-19-10-13-37(27(14-19)31(40)41)30(39)25(16-20-6-5-7-22(15-20)29(32)33)34-44(42,43)23-9-8-21-11-12-36(4)26(24(21)17-23)18-28(38)35(2)3/h5-10,15,17,25-27,34H,11-14,16,18H2,1-4H3,(H3,32,33)(H,40,41)/t25-,26+,27-/m1/s1. The predicted octanol–water partition coefficient (Wildman–Crippen LogP) is 1.50. The number of carbonyl (C=O) groups excluding carboxylic acids is 2. The molecule has 2 aliphatic heterocycles. The normalized spacial score (nSPS) is 19.5. The number of amidine groups is 1. The number of fused-ring (bicyclic) bond motifs is 1. The third-order valence-corrected chi connectivity index (χ3v) is 9.76. The second kappa shape index (κ2) is 13.3. The molecular formula is C31H40N6O6S. The number of carboxylic acids is 1. The molecule has 12 nitrogen and oxygen atoms in total. The number of carbonyl (C=O) groups is 3. The number of likely N-dealkylation sites (N-methyl/N-ethyl adjacent to an activating group) is 1. The van der Waals surface area contributed by atoms with Crippen molar-refractivity contribution in [3.05, 3.63) is 76.4 Å². The van der Waals surface area contributed by atoms with Gasteiger partial charge >= 0.3 is 5.97 Å². The Morgan fingerprint density at radius 1 is 1.18 bits per heavy atom. The quantitative estimate of drug-likeness (QED) is 0.175. The molecule has 0 aliphatic carbocycles. The van der Waals surface area contributed by atoms with Gasteiger partial charge in [0.1, 0.15) is 17.9 Å². The molecule has 2 heterocycles. The molecule has 0 unspecified atom stereocenters. The smallest absolute Gasteiger partial charge is 0.326 e. The van der Waals surface area contributed by atoms with E-state index in [1.54, 1.807) is 63.5 Å². The Kier molecular flexibility index (Phi) is 9.91. The number of carboxylic acid groups (broad SMARTS) is 1. The second-order valence-electron chi connectivity index (χ2n) is 11.7. The van der Waals surface area contributed by atoms with E-state index in [-0.39, 0.29) is 48.5 Å². The molecule has 0 saturated heterocycles. The number of sulfonamides is 1. The van der Waals surface area contributed by atoms with Crippen LogP contribution in [0, 0.1) is 5.41 Å². The first-order valence-corrected chi connectivity index (χ1v) is 15.8. The SMILES string of the molecule is CC1=CCN(C(=O)[C@@H](Cc2cccc(C(=N)N)c2)NS(=O)(=O)c2ccc3c(c2)[C@H](CC(=O)N(C)C)N(C)CC3)[C@@H](C(=O)O)C1. The molecule has 2 aromatic carbocycles. The van der Waals surface area contributed by atoms with Gasteiger partial charge in [-0.05, 0) is 68.1 Å². The lowest BCUT2D eigenvalue weighted by Crippen LogP contribution is -2.55. The molecule has 4 rings (SSSR count). The lowest BCUT2D eigenvalue weighted by molar-refractivity contribution is -0.150. The summed E-state index contributed by atoms with van der Waals surface area (Å²) in [6.45, 7) is 2.53. The fourth-order valence-corrected chi connectivity index (χ4v) is 6.89. The monoisotopic (exact) mass is 624 g/mol. The van der Waals surface area contributed by atoms with Gasteiger partial charge in [0.2, 0.25) is 21.8 Å². The number of benzene rings is 2. The van der Waals surface area contributed by atoms with Crippen LogP contribution in [0.25, 0.3) is 0 Å². The average Bonchev–Trinajstić information content (AvgIpc) is 2.97. The van der Waals surface area contributed by atoms with E-state index >= 15 is 0 Å². The molecule has 0 radical (unpaired) electrons. The Bertz CT molecular complexity index is 1600. The number of nitrogen functional groups attached to an aromatic ring is 1. The molecule has 0 fully saturated rings. The zero-order valence-electron chi connectivity index (χ0n) is 25.4. The Morgan fingerprint density at radius 3 is 2.57 bits per heavy atom. The highest BCUT2D eigenvalue weighted by Gasteiger charge is 2.38. The summed E-state index contributed by atoms with van der Waals surface area (Å²) in [6, 6.07) is 8.57. The van der Waals surface area contributed by atoms with Crippen LogP contribution in [0.5, 0.6) is 0 Å². The van der Waals surface area contributed by atoms with Crippen molar-refractivity contribution in [1.82, 2.24) is 19.4 Å². The van der Waals surface area contributed by atoms with Crippen LogP contribution >= 0.6 is 0 Å². The topological polar surface area (TPSA) is 177 Å². The third kappa shape index (κ3) is 7.34. The van der Waals surface area contributed by atoms with Crippen molar-refractivity contribution in [3.63, 3.8) is 0 Å². The zero-order valence-corrected chi connectivity index (χ0v) is 26.2. The molecule has 2 aromatic rings. The number of hydrogen-bond acceptors (Lipinski definition) is 7. The zero-order chi connectivity index (χ0) is 32.3. The second-order valence-corrected chi connectivity index (χ2v) is 13.4. The molecule has 0 spiro atoms. The number of aliphatic carboxylic acids is 1. The summed E-state index contributed by atoms with van der Waals surface area (Å²) >= 11 is 0. The minimum absolute atomic E-state index is 0.0279. The minimum atomic E-state index is -4.30. The third-order valence-electron chi connectivity index (χ3n) is 8.29. The van der Waals surface area contributed by atoms with Gasteiger partial charge in [-0.15, -0.1) is 0 Å². The highest BCUT2D eigenvalue weighted by molar-refractivity contribution is 7.89. The van der Waals surface area contributed by atoms with Crippen LogP contribution < -0.4 is 10.5 Å². The number of nitrogens with zero attached hydrogens (tertiary/aromatic N) is 3. The van der Waals surface area contributed by atoms with Crippen LogP contribution in [0.2, 0.25) is 0 Å². The summed E-state index contributed by atoms with van der Waals surface area (Å²) in [7, 11) is 0.948. The summed E-state index contributed by atoms with van der Waals surface area (Å²) in [6.07, 6.45) is 2.66. The molecular weight excluding hydrogens is 584 g/mol. The van der Waals surface area contributed by atoms with Gasteiger partial charge in [-0.2, -0.15) is 4.72 Å². The van der Waals surface area contributed by atoms with E-state index in [0.717, 1.165) is 16.7 Å².